The fourth-order valence-corrected chi connectivity index (χ4v) is 1.68. The van der Waals surface area contributed by atoms with Crippen molar-refractivity contribution in [2.24, 2.45) is 0 Å². The second kappa shape index (κ2) is 3.32. The summed E-state index contributed by atoms with van der Waals surface area (Å²) in [4.78, 5) is 0. The average molecular weight is 171 g/mol. The second-order valence-corrected chi connectivity index (χ2v) is 4.04. The molecule has 70 valence electrons. The summed E-state index contributed by atoms with van der Waals surface area (Å²) in [6.45, 7) is 1.92. The number of hydrogen-bond donors (Lipinski definition) is 2. The van der Waals surface area contributed by atoms with Gasteiger partial charge in [0.2, 0.25) is 0 Å². The molecule has 0 aromatic carbocycles. The largest absolute Gasteiger partial charge is 0.386 e. The van der Waals surface area contributed by atoms with Crippen molar-refractivity contribution in [2.45, 2.75) is 37.3 Å². The molecule has 1 aliphatic carbocycles. The first-order valence-electron chi connectivity index (χ1n) is 4.82. The van der Waals surface area contributed by atoms with Crippen LogP contribution in [0.3, 0.4) is 0 Å². The summed E-state index contributed by atoms with van der Waals surface area (Å²) in [5, 5.41) is 13.2. The van der Waals surface area contributed by atoms with Gasteiger partial charge in [0.05, 0.1) is 6.61 Å². The first kappa shape index (κ1) is 8.48. The van der Waals surface area contributed by atoms with E-state index in [9.17, 15) is 5.11 Å². The van der Waals surface area contributed by atoms with Gasteiger partial charge in [0.1, 0.15) is 5.60 Å². The lowest BCUT2D eigenvalue weighted by molar-refractivity contribution is 0.0224. The number of ether oxygens (including phenoxy) is 1. The van der Waals surface area contributed by atoms with Gasteiger partial charge in [-0.25, -0.2) is 0 Å². The Kier molecular flexibility index (Phi) is 2.35. The lowest BCUT2D eigenvalue weighted by Crippen LogP contribution is -2.47. The van der Waals surface area contributed by atoms with E-state index in [1.807, 2.05) is 0 Å². The Hall–Kier alpha value is -0.120. The van der Waals surface area contributed by atoms with Gasteiger partial charge < -0.3 is 15.2 Å². The Bertz CT molecular complexity index is 151. The molecule has 1 unspecified atom stereocenters. The van der Waals surface area contributed by atoms with E-state index in [0.717, 1.165) is 6.42 Å². The predicted molar refractivity (Wildman–Crippen MR) is 46.0 cm³/mol. The lowest BCUT2D eigenvalue weighted by atomic mass is 9.92. The van der Waals surface area contributed by atoms with Crippen LogP contribution in [0, 0.1) is 0 Å². The maximum Gasteiger partial charge on any atom is 0.102 e. The molecule has 1 heterocycles. The summed E-state index contributed by atoms with van der Waals surface area (Å²) in [7, 11) is 0. The fourth-order valence-electron chi connectivity index (χ4n) is 1.68. The van der Waals surface area contributed by atoms with Gasteiger partial charge >= 0.3 is 0 Å². The quantitative estimate of drug-likeness (QED) is 0.641. The van der Waals surface area contributed by atoms with Crippen LogP contribution in [0.15, 0.2) is 0 Å². The Morgan fingerprint density at radius 3 is 2.83 bits per heavy atom. The molecular weight excluding hydrogens is 154 g/mol. The molecule has 2 fully saturated rings. The summed E-state index contributed by atoms with van der Waals surface area (Å²) in [6, 6.07) is 0.662. The van der Waals surface area contributed by atoms with Crippen LogP contribution in [0.25, 0.3) is 0 Å². The third kappa shape index (κ3) is 1.79. The van der Waals surface area contributed by atoms with Crippen molar-refractivity contribution in [3.05, 3.63) is 0 Å². The Morgan fingerprint density at radius 1 is 1.50 bits per heavy atom. The Balaban J connectivity index is 1.70. The number of hydrogen-bond acceptors (Lipinski definition) is 3. The standard InChI is InChI=1S/C9H17NO2/c11-9(4-5-12-7-9)6-10-8-2-1-3-8/h8,10-11H,1-7H2. The molecule has 12 heavy (non-hydrogen) atoms. The van der Waals surface area contributed by atoms with Gasteiger partial charge in [0.25, 0.3) is 0 Å². The van der Waals surface area contributed by atoms with E-state index >= 15 is 0 Å². The number of aliphatic hydroxyl groups is 1. The van der Waals surface area contributed by atoms with E-state index in [4.69, 9.17) is 4.74 Å². The third-order valence-electron chi connectivity index (χ3n) is 2.91. The SMILES string of the molecule is OC1(CNC2CCC2)CCOC1. The molecule has 0 aromatic heterocycles. The van der Waals surface area contributed by atoms with Crippen molar-refractivity contribution in [3.63, 3.8) is 0 Å². The highest BCUT2D eigenvalue weighted by Crippen LogP contribution is 2.21. The van der Waals surface area contributed by atoms with Crippen LogP contribution in [-0.4, -0.2) is 36.5 Å². The summed E-state index contributed by atoms with van der Waals surface area (Å²) < 4.78 is 5.15. The lowest BCUT2D eigenvalue weighted by Gasteiger charge is -2.30. The highest BCUT2D eigenvalue weighted by molar-refractivity contribution is 4.87. The van der Waals surface area contributed by atoms with Gasteiger partial charge in [0.15, 0.2) is 0 Å². The van der Waals surface area contributed by atoms with Crippen LogP contribution in [0.5, 0.6) is 0 Å². The van der Waals surface area contributed by atoms with Crippen LogP contribution in [0.1, 0.15) is 25.7 Å². The first-order chi connectivity index (χ1) is 5.79. The van der Waals surface area contributed by atoms with Crippen LogP contribution >= 0.6 is 0 Å². The molecule has 0 amide bonds. The molecule has 0 aromatic rings. The first-order valence-corrected chi connectivity index (χ1v) is 4.82. The minimum Gasteiger partial charge on any atom is -0.386 e. The Labute approximate surface area is 73.1 Å². The molecule has 3 nitrogen and oxygen atoms in total. The van der Waals surface area contributed by atoms with E-state index in [0.29, 0.717) is 25.8 Å². The molecule has 3 heteroatoms. The monoisotopic (exact) mass is 171 g/mol. The highest BCUT2D eigenvalue weighted by Gasteiger charge is 2.33. The summed E-state index contributed by atoms with van der Waals surface area (Å²) in [6.07, 6.45) is 4.67. The number of rotatable bonds is 3. The van der Waals surface area contributed by atoms with E-state index in [1.165, 1.54) is 19.3 Å². The van der Waals surface area contributed by atoms with E-state index < -0.39 is 5.60 Å². The van der Waals surface area contributed by atoms with Crippen molar-refractivity contribution >= 4 is 0 Å². The zero-order valence-corrected chi connectivity index (χ0v) is 7.38. The van der Waals surface area contributed by atoms with Crippen LogP contribution in [0.4, 0.5) is 0 Å². The number of nitrogens with one attached hydrogen (secondary N) is 1. The van der Waals surface area contributed by atoms with E-state index in [-0.39, 0.29) is 0 Å². The average Bonchev–Trinajstić information content (AvgIpc) is 2.33. The normalized spacial score (nSPS) is 36.8. The van der Waals surface area contributed by atoms with Gasteiger partial charge in [-0.2, -0.15) is 0 Å². The Morgan fingerprint density at radius 2 is 2.33 bits per heavy atom. The maximum absolute atomic E-state index is 9.87. The molecule has 1 atom stereocenters. The zero-order chi connectivity index (χ0) is 8.44. The smallest absolute Gasteiger partial charge is 0.102 e. The summed E-state index contributed by atoms with van der Waals surface area (Å²) >= 11 is 0. The molecule has 1 saturated carbocycles. The third-order valence-corrected chi connectivity index (χ3v) is 2.91. The van der Waals surface area contributed by atoms with Crippen molar-refractivity contribution in [1.82, 2.24) is 5.32 Å². The molecule has 2 N–H and O–H groups in total. The minimum atomic E-state index is -0.574. The van der Waals surface area contributed by atoms with Gasteiger partial charge in [-0.15, -0.1) is 0 Å². The topological polar surface area (TPSA) is 41.5 Å². The highest BCUT2D eigenvalue weighted by atomic mass is 16.5. The van der Waals surface area contributed by atoms with Crippen LogP contribution < -0.4 is 5.32 Å². The maximum atomic E-state index is 9.87. The zero-order valence-electron chi connectivity index (χ0n) is 7.38. The van der Waals surface area contributed by atoms with Gasteiger partial charge in [-0.05, 0) is 12.8 Å². The minimum absolute atomic E-state index is 0.507. The van der Waals surface area contributed by atoms with E-state index in [2.05, 4.69) is 5.32 Å². The summed E-state index contributed by atoms with van der Waals surface area (Å²) in [5.74, 6) is 0. The van der Waals surface area contributed by atoms with Crippen molar-refractivity contribution < 1.29 is 9.84 Å². The van der Waals surface area contributed by atoms with Crippen LogP contribution in [0.2, 0.25) is 0 Å². The molecule has 1 aliphatic heterocycles. The second-order valence-electron chi connectivity index (χ2n) is 4.04. The fraction of sp³-hybridized carbons (Fsp3) is 1.00. The van der Waals surface area contributed by atoms with E-state index in [1.54, 1.807) is 0 Å². The predicted octanol–water partition coefficient (Wildman–Crippen LogP) is 0.280. The summed E-state index contributed by atoms with van der Waals surface area (Å²) in [5.41, 5.74) is -0.574. The molecule has 0 spiro atoms. The van der Waals surface area contributed by atoms with Crippen molar-refractivity contribution in [1.29, 1.82) is 0 Å². The van der Waals surface area contributed by atoms with Crippen molar-refractivity contribution in [2.75, 3.05) is 19.8 Å². The molecular formula is C9H17NO2. The molecule has 2 aliphatic rings. The molecule has 1 saturated heterocycles. The molecule has 0 bridgehead atoms. The van der Waals surface area contributed by atoms with Crippen molar-refractivity contribution in [3.8, 4) is 0 Å². The van der Waals surface area contributed by atoms with Gasteiger partial charge in [0, 0.05) is 25.6 Å². The van der Waals surface area contributed by atoms with Crippen LogP contribution in [-0.2, 0) is 4.74 Å². The molecule has 0 radical (unpaired) electrons. The van der Waals surface area contributed by atoms with Gasteiger partial charge in [-0.3, -0.25) is 0 Å². The van der Waals surface area contributed by atoms with Gasteiger partial charge in [-0.1, -0.05) is 6.42 Å². The molecule has 2 rings (SSSR count).